The molecule has 2 rings (SSSR count). The fraction of sp³-hybridized carbons (Fsp3) is 0.938. The summed E-state index contributed by atoms with van der Waals surface area (Å²) < 4.78 is 5.87. The van der Waals surface area contributed by atoms with Crippen LogP contribution >= 0.6 is 0 Å². The summed E-state index contributed by atoms with van der Waals surface area (Å²) in [5.74, 6) is 0.932. The fourth-order valence-electron chi connectivity index (χ4n) is 3.15. The second kappa shape index (κ2) is 6.79. The quantitative estimate of drug-likeness (QED) is 0.463. The summed E-state index contributed by atoms with van der Waals surface area (Å²) in [7, 11) is 1.85. The van der Waals surface area contributed by atoms with Gasteiger partial charge in [0.15, 0.2) is 5.96 Å². The lowest BCUT2D eigenvalue weighted by Gasteiger charge is -2.23. The van der Waals surface area contributed by atoms with Crippen LogP contribution < -0.4 is 10.6 Å². The summed E-state index contributed by atoms with van der Waals surface area (Å²) in [5.41, 5.74) is 0.445. The first-order valence-electron chi connectivity index (χ1n) is 8.10. The number of rotatable bonds is 5. The summed E-state index contributed by atoms with van der Waals surface area (Å²) in [4.78, 5) is 4.32. The van der Waals surface area contributed by atoms with Crippen molar-refractivity contribution in [3.63, 3.8) is 0 Å². The number of hydrogen-bond acceptors (Lipinski definition) is 2. The molecule has 2 saturated heterocycles. The van der Waals surface area contributed by atoms with E-state index in [9.17, 15) is 0 Å². The van der Waals surface area contributed by atoms with Crippen molar-refractivity contribution in [2.75, 3.05) is 13.6 Å². The Labute approximate surface area is 123 Å². The van der Waals surface area contributed by atoms with E-state index in [-0.39, 0.29) is 0 Å². The minimum atomic E-state index is 0.402. The summed E-state index contributed by atoms with van der Waals surface area (Å²) >= 11 is 0. The topological polar surface area (TPSA) is 45.7 Å². The van der Waals surface area contributed by atoms with Gasteiger partial charge >= 0.3 is 0 Å². The van der Waals surface area contributed by atoms with E-state index in [1.807, 2.05) is 7.05 Å². The van der Waals surface area contributed by atoms with Gasteiger partial charge in [0.05, 0.1) is 18.2 Å². The lowest BCUT2D eigenvalue weighted by molar-refractivity contribution is 0.0992. The number of unbranched alkanes of at least 4 members (excludes halogenated alkanes) is 1. The maximum Gasteiger partial charge on any atom is 0.191 e. The van der Waals surface area contributed by atoms with Crippen molar-refractivity contribution in [1.82, 2.24) is 10.6 Å². The van der Waals surface area contributed by atoms with Gasteiger partial charge in [-0.3, -0.25) is 4.99 Å². The number of nitrogens with zero attached hydrogens (tertiary/aromatic N) is 1. The van der Waals surface area contributed by atoms with Crippen molar-refractivity contribution in [2.45, 2.75) is 77.5 Å². The van der Waals surface area contributed by atoms with E-state index in [0.717, 1.165) is 18.9 Å². The van der Waals surface area contributed by atoms with E-state index in [4.69, 9.17) is 4.74 Å². The fourth-order valence-corrected chi connectivity index (χ4v) is 3.15. The molecule has 20 heavy (non-hydrogen) atoms. The number of nitrogens with one attached hydrogen (secondary N) is 2. The average Bonchev–Trinajstić information content (AvgIpc) is 2.97. The van der Waals surface area contributed by atoms with Gasteiger partial charge in [-0.05, 0) is 37.5 Å². The molecule has 0 saturated carbocycles. The molecule has 0 aromatic carbocycles. The molecule has 0 spiro atoms. The third-order valence-corrected chi connectivity index (χ3v) is 4.30. The number of guanidine groups is 1. The first-order valence-corrected chi connectivity index (χ1v) is 8.10. The van der Waals surface area contributed by atoms with Crippen LogP contribution in [-0.2, 0) is 4.74 Å². The third kappa shape index (κ3) is 4.65. The highest BCUT2D eigenvalue weighted by Crippen LogP contribution is 2.34. The predicted molar refractivity (Wildman–Crippen MR) is 84.1 cm³/mol. The monoisotopic (exact) mass is 281 g/mol. The van der Waals surface area contributed by atoms with E-state index < -0.39 is 0 Å². The molecule has 4 nitrogen and oxygen atoms in total. The van der Waals surface area contributed by atoms with Crippen LogP contribution in [0, 0.1) is 5.41 Å². The number of fused-ring (bicyclic) bond motifs is 2. The minimum absolute atomic E-state index is 0.402. The molecule has 0 aliphatic carbocycles. The molecule has 3 unspecified atom stereocenters. The van der Waals surface area contributed by atoms with Gasteiger partial charge in [0, 0.05) is 13.6 Å². The third-order valence-electron chi connectivity index (χ3n) is 4.30. The molecule has 0 aromatic rings. The van der Waals surface area contributed by atoms with Gasteiger partial charge in [0.25, 0.3) is 0 Å². The van der Waals surface area contributed by atoms with Crippen LogP contribution in [-0.4, -0.2) is 37.8 Å². The zero-order chi connectivity index (χ0) is 14.6. The molecule has 4 heteroatoms. The van der Waals surface area contributed by atoms with Crippen LogP contribution in [0.2, 0.25) is 0 Å². The largest absolute Gasteiger partial charge is 0.373 e. The molecule has 2 bridgehead atoms. The molecular formula is C16H31N3O. The minimum Gasteiger partial charge on any atom is -0.373 e. The Bertz CT molecular complexity index is 335. The van der Waals surface area contributed by atoms with Crippen LogP contribution in [0.1, 0.15) is 59.3 Å². The highest BCUT2D eigenvalue weighted by Gasteiger charge is 2.41. The summed E-state index contributed by atoms with van der Waals surface area (Å²) in [6, 6.07) is 0.453. The predicted octanol–water partition coefficient (Wildman–Crippen LogP) is 2.69. The molecule has 2 heterocycles. The lowest BCUT2D eigenvalue weighted by Crippen LogP contribution is -2.47. The number of aliphatic imine (C=N–C) groups is 1. The molecule has 0 aromatic heterocycles. The van der Waals surface area contributed by atoms with Crippen LogP contribution in [0.3, 0.4) is 0 Å². The molecule has 116 valence electrons. The smallest absolute Gasteiger partial charge is 0.191 e. The van der Waals surface area contributed by atoms with Crippen LogP contribution in [0.4, 0.5) is 0 Å². The molecule has 0 amide bonds. The summed E-state index contributed by atoms with van der Waals surface area (Å²) in [6.45, 7) is 7.90. The van der Waals surface area contributed by atoms with Crippen molar-refractivity contribution < 1.29 is 4.74 Å². The van der Waals surface area contributed by atoms with E-state index in [2.05, 4.69) is 36.4 Å². The first-order chi connectivity index (χ1) is 9.48. The number of ether oxygens (including phenoxy) is 1. The average molecular weight is 281 g/mol. The van der Waals surface area contributed by atoms with E-state index in [0.29, 0.717) is 23.7 Å². The molecule has 3 atom stereocenters. The molecule has 2 fully saturated rings. The Balaban J connectivity index is 1.61. The lowest BCUT2D eigenvalue weighted by atomic mass is 9.90. The molecule has 2 N–H and O–H groups in total. The van der Waals surface area contributed by atoms with Gasteiger partial charge in [0.1, 0.15) is 0 Å². The molecule has 2 aliphatic rings. The van der Waals surface area contributed by atoms with Gasteiger partial charge in [-0.1, -0.05) is 27.2 Å². The van der Waals surface area contributed by atoms with E-state index in [1.54, 1.807) is 0 Å². The van der Waals surface area contributed by atoms with Gasteiger partial charge in [-0.25, -0.2) is 0 Å². The maximum atomic E-state index is 5.87. The van der Waals surface area contributed by atoms with Gasteiger partial charge in [0.2, 0.25) is 0 Å². The van der Waals surface area contributed by atoms with E-state index >= 15 is 0 Å². The van der Waals surface area contributed by atoms with Crippen molar-refractivity contribution in [3.05, 3.63) is 0 Å². The van der Waals surface area contributed by atoms with Crippen molar-refractivity contribution in [3.8, 4) is 0 Å². The summed E-state index contributed by atoms with van der Waals surface area (Å²) in [5, 5.41) is 6.94. The Morgan fingerprint density at radius 1 is 1.25 bits per heavy atom. The Hall–Kier alpha value is -0.770. The highest BCUT2D eigenvalue weighted by molar-refractivity contribution is 5.80. The van der Waals surface area contributed by atoms with Gasteiger partial charge < -0.3 is 15.4 Å². The van der Waals surface area contributed by atoms with Crippen LogP contribution in [0.25, 0.3) is 0 Å². The zero-order valence-corrected chi connectivity index (χ0v) is 13.5. The Kier molecular flexibility index (Phi) is 5.30. The second-order valence-corrected chi connectivity index (χ2v) is 7.38. The van der Waals surface area contributed by atoms with Crippen molar-refractivity contribution in [1.29, 1.82) is 0 Å². The normalized spacial score (nSPS) is 29.8. The van der Waals surface area contributed by atoms with Crippen LogP contribution in [0.15, 0.2) is 4.99 Å². The molecular weight excluding hydrogens is 250 g/mol. The SMILES string of the molecule is CN=C(NCCCCC(C)(C)C)NC1CC2CCC1O2. The zero-order valence-electron chi connectivity index (χ0n) is 13.5. The standard InChI is InChI=1S/C16H31N3O/c1-16(2,3)9-5-6-10-18-15(17-4)19-13-11-12-7-8-14(13)20-12/h12-14H,5-11H2,1-4H3,(H2,17,18,19). The van der Waals surface area contributed by atoms with Crippen LogP contribution in [0.5, 0.6) is 0 Å². The van der Waals surface area contributed by atoms with E-state index in [1.165, 1.54) is 32.1 Å². The molecule has 2 aliphatic heterocycles. The highest BCUT2D eigenvalue weighted by atomic mass is 16.5. The Morgan fingerprint density at radius 3 is 2.60 bits per heavy atom. The molecule has 0 radical (unpaired) electrons. The number of hydrogen-bond donors (Lipinski definition) is 2. The van der Waals surface area contributed by atoms with Crippen molar-refractivity contribution >= 4 is 5.96 Å². The maximum absolute atomic E-state index is 5.87. The first kappa shape index (κ1) is 15.6. The Morgan fingerprint density at radius 2 is 2.05 bits per heavy atom. The van der Waals surface area contributed by atoms with Crippen molar-refractivity contribution in [2.24, 2.45) is 10.4 Å². The summed E-state index contributed by atoms with van der Waals surface area (Å²) in [6.07, 6.45) is 8.21. The van der Waals surface area contributed by atoms with Gasteiger partial charge in [-0.2, -0.15) is 0 Å². The second-order valence-electron chi connectivity index (χ2n) is 7.38. The van der Waals surface area contributed by atoms with Gasteiger partial charge in [-0.15, -0.1) is 0 Å².